The van der Waals surface area contributed by atoms with Crippen molar-refractivity contribution in [3.63, 3.8) is 0 Å². The van der Waals surface area contributed by atoms with Crippen molar-refractivity contribution >= 4 is 11.6 Å². The maximum atomic E-state index is 13.5. The van der Waals surface area contributed by atoms with Gasteiger partial charge < -0.3 is 9.47 Å². The van der Waals surface area contributed by atoms with Crippen molar-refractivity contribution in [2.75, 3.05) is 6.61 Å². The summed E-state index contributed by atoms with van der Waals surface area (Å²) < 4.78 is 24.3. The molecule has 0 unspecified atom stereocenters. The Morgan fingerprint density at radius 2 is 2.00 bits per heavy atom. The summed E-state index contributed by atoms with van der Waals surface area (Å²) >= 11 is 5.62. The van der Waals surface area contributed by atoms with Crippen LogP contribution in [-0.4, -0.2) is 11.6 Å². The Morgan fingerprint density at radius 1 is 1.28 bits per heavy atom. The molecule has 0 fully saturated rings. The number of ether oxygens (including phenoxy) is 2. The molecule has 0 aliphatic rings. The van der Waals surface area contributed by atoms with Gasteiger partial charge in [-0.1, -0.05) is 23.7 Å². The summed E-state index contributed by atoms with van der Waals surface area (Å²) in [5.74, 6) is 0.199. The van der Waals surface area contributed by atoms with E-state index in [2.05, 4.69) is 4.98 Å². The van der Waals surface area contributed by atoms with Crippen LogP contribution in [0.2, 0.25) is 5.02 Å². The van der Waals surface area contributed by atoms with Crippen LogP contribution in [0.4, 0.5) is 4.39 Å². The number of para-hydroxylation sites is 2. The molecule has 0 aliphatic carbocycles. The van der Waals surface area contributed by atoms with Gasteiger partial charge in [-0.05, 0) is 25.1 Å². The molecule has 0 N–H and O–H groups in total. The van der Waals surface area contributed by atoms with Crippen molar-refractivity contribution in [1.29, 1.82) is 0 Å². The van der Waals surface area contributed by atoms with E-state index in [-0.39, 0.29) is 10.9 Å². The Hall–Kier alpha value is -1.81. The van der Waals surface area contributed by atoms with Gasteiger partial charge in [-0.3, -0.25) is 0 Å². The van der Waals surface area contributed by atoms with Gasteiger partial charge in [0.05, 0.1) is 11.6 Å². The number of rotatable bonds is 4. The maximum absolute atomic E-state index is 13.5. The Kier molecular flexibility index (Phi) is 3.99. The second-order valence-corrected chi connectivity index (χ2v) is 3.86. The summed E-state index contributed by atoms with van der Waals surface area (Å²) in [4.78, 5) is 3.79. The van der Waals surface area contributed by atoms with Crippen LogP contribution in [0.1, 0.15) is 6.92 Å². The fraction of sp³-hybridized carbons (Fsp3) is 0.154. The number of benzene rings is 1. The van der Waals surface area contributed by atoms with Gasteiger partial charge in [0, 0.05) is 6.20 Å². The number of aromatic nitrogens is 1. The van der Waals surface area contributed by atoms with Crippen molar-refractivity contribution < 1.29 is 13.9 Å². The number of hydrogen-bond donors (Lipinski definition) is 0. The molecule has 0 saturated carbocycles. The molecule has 0 amide bonds. The highest BCUT2D eigenvalue weighted by molar-refractivity contribution is 6.30. The van der Waals surface area contributed by atoms with Crippen LogP contribution in [0.3, 0.4) is 0 Å². The Bertz CT molecular complexity index is 548. The summed E-state index contributed by atoms with van der Waals surface area (Å²) in [5.41, 5.74) is 0. The average Bonchev–Trinajstić information content (AvgIpc) is 2.35. The monoisotopic (exact) mass is 267 g/mol. The Labute approximate surface area is 109 Å². The van der Waals surface area contributed by atoms with Crippen LogP contribution in [0, 0.1) is 5.82 Å². The minimum atomic E-state index is -0.617. The minimum absolute atomic E-state index is 0.133. The molecule has 18 heavy (non-hydrogen) atoms. The predicted molar refractivity (Wildman–Crippen MR) is 66.9 cm³/mol. The largest absolute Gasteiger partial charge is 0.490 e. The molecule has 3 nitrogen and oxygen atoms in total. The fourth-order valence-corrected chi connectivity index (χ4v) is 1.54. The molecular formula is C13H11ClFNO2. The highest BCUT2D eigenvalue weighted by atomic mass is 35.5. The SMILES string of the molecule is CCOc1ccccc1Oc1ncc(Cl)cc1F. The van der Waals surface area contributed by atoms with Crippen molar-refractivity contribution in [2.24, 2.45) is 0 Å². The van der Waals surface area contributed by atoms with Crippen LogP contribution in [0.5, 0.6) is 17.4 Å². The van der Waals surface area contributed by atoms with Crippen molar-refractivity contribution in [1.82, 2.24) is 4.98 Å². The zero-order valence-corrected chi connectivity index (χ0v) is 10.4. The highest BCUT2D eigenvalue weighted by Crippen LogP contribution is 2.31. The fourth-order valence-electron chi connectivity index (χ4n) is 1.39. The normalized spacial score (nSPS) is 10.2. The van der Waals surface area contributed by atoms with Crippen molar-refractivity contribution in [3.05, 3.63) is 47.4 Å². The second-order valence-electron chi connectivity index (χ2n) is 3.42. The first-order valence-electron chi connectivity index (χ1n) is 5.41. The third kappa shape index (κ3) is 2.90. The summed E-state index contributed by atoms with van der Waals surface area (Å²) in [6.07, 6.45) is 1.32. The topological polar surface area (TPSA) is 31.4 Å². The molecule has 1 aromatic carbocycles. The molecule has 2 aromatic rings. The van der Waals surface area contributed by atoms with Crippen LogP contribution < -0.4 is 9.47 Å². The quantitative estimate of drug-likeness (QED) is 0.837. The third-order valence-corrected chi connectivity index (χ3v) is 2.34. The summed E-state index contributed by atoms with van der Waals surface area (Å²) in [6.45, 7) is 2.36. The summed E-state index contributed by atoms with van der Waals surface area (Å²) in [7, 11) is 0. The van der Waals surface area contributed by atoms with E-state index in [0.29, 0.717) is 18.1 Å². The van der Waals surface area contributed by atoms with Crippen molar-refractivity contribution in [3.8, 4) is 17.4 Å². The lowest BCUT2D eigenvalue weighted by atomic mass is 10.3. The van der Waals surface area contributed by atoms with Gasteiger partial charge in [0.15, 0.2) is 17.3 Å². The maximum Gasteiger partial charge on any atom is 0.256 e. The van der Waals surface area contributed by atoms with E-state index in [1.54, 1.807) is 18.2 Å². The molecule has 0 spiro atoms. The van der Waals surface area contributed by atoms with E-state index in [4.69, 9.17) is 21.1 Å². The van der Waals surface area contributed by atoms with E-state index in [1.165, 1.54) is 6.20 Å². The summed E-state index contributed by atoms with van der Waals surface area (Å²) in [6, 6.07) is 8.15. The van der Waals surface area contributed by atoms with Crippen LogP contribution in [-0.2, 0) is 0 Å². The van der Waals surface area contributed by atoms with Crippen molar-refractivity contribution in [2.45, 2.75) is 6.92 Å². The molecule has 0 aliphatic heterocycles. The molecule has 0 atom stereocenters. The van der Waals surface area contributed by atoms with E-state index < -0.39 is 5.82 Å². The average molecular weight is 268 g/mol. The minimum Gasteiger partial charge on any atom is -0.490 e. The van der Waals surface area contributed by atoms with Gasteiger partial charge in [0.25, 0.3) is 5.88 Å². The number of pyridine rings is 1. The molecule has 1 aromatic heterocycles. The second kappa shape index (κ2) is 5.69. The molecular weight excluding hydrogens is 257 g/mol. The van der Waals surface area contributed by atoms with E-state index >= 15 is 0 Å². The van der Waals surface area contributed by atoms with E-state index in [1.807, 2.05) is 13.0 Å². The van der Waals surface area contributed by atoms with Crippen LogP contribution >= 0.6 is 11.6 Å². The first-order valence-corrected chi connectivity index (χ1v) is 5.79. The molecule has 2 rings (SSSR count). The van der Waals surface area contributed by atoms with Gasteiger partial charge in [0.1, 0.15) is 0 Å². The van der Waals surface area contributed by atoms with E-state index in [0.717, 1.165) is 6.07 Å². The molecule has 0 bridgehead atoms. The molecule has 0 radical (unpaired) electrons. The molecule has 5 heteroatoms. The van der Waals surface area contributed by atoms with Gasteiger partial charge in [-0.25, -0.2) is 9.37 Å². The van der Waals surface area contributed by atoms with Gasteiger partial charge in [-0.15, -0.1) is 0 Å². The van der Waals surface area contributed by atoms with Crippen LogP contribution in [0.15, 0.2) is 36.5 Å². The molecule has 1 heterocycles. The third-order valence-electron chi connectivity index (χ3n) is 2.13. The first-order chi connectivity index (χ1) is 8.70. The lowest BCUT2D eigenvalue weighted by Crippen LogP contribution is -1.97. The number of hydrogen-bond acceptors (Lipinski definition) is 3. The predicted octanol–water partition coefficient (Wildman–Crippen LogP) is 4.07. The lowest BCUT2D eigenvalue weighted by molar-refractivity contribution is 0.316. The van der Waals surface area contributed by atoms with Crippen LogP contribution in [0.25, 0.3) is 0 Å². The van der Waals surface area contributed by atoms with Gasteiger partial charge >= 0.3 is 0 Å². The van der Waals surface area contributed by atoms with Gasteiger partial charge in [0.2, 0.25) is 0 Å². The Morgan fingerprint density at radius 3 is 2.67 bits per heavy atom. The molecule has 94 valence electrons. The molecule has 0 saturated heterocycles. The number of nitrogens with zero attached hydrogens (tertiary/aromatic N) is 1. The summed E-state index contributed by atoms with van der Waals surface area (Å²) in [5, 5.41) is 0.220. The number of halogens is 2. The van der Waals surface area contributed by atoms with Gasteiger partial charge in [-0.2, -0.15) is 0 Å². The highest BCUT2D eigenvalue weighted by Gasteiger charge is 2.10. The van der Waals surface area contributed by atoms with E-state index in [9.17, 15) is 4.39 Å². The zero-order valence-electron chi connectivity index (χ0n) is 9.69. The smallest absolute Gasteiger partial charge is 0.256 e. The standard InChI is InChI=1S/C13H11ClFNO2/c1-2-17-11-5-3-4-6-12(11)18-13-10(15)7-9(14)8-16-13/h3-8H,2H2,1H3. The first kappa shape index (κ1) is 12.6. The zero-order chi connectivity index (χ0) is 13.0. The Balaban J connectivity index is 2.28. The lowest BCUT2D eigenvalue weighted by Gasteiger charge is -2.10.